The maximum atomic E-state index is 6.41. The fourth-order valence-corrected chi connectivity index (χ4v) is 9.99. The number of hydrogen-bond acceptors (Lipinski definition) is 5. The molecule has 4 aromatic carbocycles. The SMILES string of the molecule is CN1[CH-]N(c2[c-]c(Oc3[c-]c4c(cc3)c3ccccc3n4-c3cc(C4(c5ccccc5)C5CC6CC(C5)CC4C6)ccn3)ccc2)C=N1.[Pt]. The van der Waals surface area contributed by atoms with Gasteiger partial charge in [-0.15, -0.1) is 42.4 Å². The Kier molecular flexibility index (Phi) is 7.42. The topological polar surface area (TPSA) is 45.9 Å². The van der Waals surface area contributed by atoms with Gasteiger partial charge in [0.25, 0.3) is 0 Å². The number of nitrogens with zero attached hydrogens (tertiary/aromatic N) is 5. The molecule has 2 aromatic heterocycles. The van der Waals surface area contributed by atoms with E-state index in [0.717, 1.165) is 39.8 Å². The number of ether oxygens (including phenoxy) is 1. The van der Waals surface area contributed by atoms with E-state index in [4.69, 9.17) is 9.72 Å². The van der Waals surface area contributed by atoms with Crippen LogP contribution in [-0.2, 0) is 26.5 Å². The number of benzene rings is 4. The van der Waals surface area contributed by atoms with Crippen molar-refractivity contribution in [2.75, 3.05) is 11.9 Å². The second-order valence-electron chi connectivity index (χ2n) is 14.2. The molecular weight excluding hydrogens is 786 g/mol. The van der Waals surface area contributed by atoms with Gasteiger partial charge in [0.15, 0.2) is 0 Å². The molecule has 248 valence electrons. The van der Waals surface area contributed by atoms with Gasteiger partial charge in [-0.25, -0.2) is 10.1 Å². The largest absolute Gasteiger partial charge is 0.509 e. The minimum Gasteiger partial charge on any atom is -0.509 e. The van der Waals surface area contributed by atoms with Crippen molar-refractivity contribution in [3.8, 4) is 17.3 Å². The molecule has 6 aromatic rings. The molecule has 4 fully saturated rings. The molecule has 5 aliphatic rings. The predicted octanol–water partition coefficient (Wildman–Crippen LogP) is 9.13. The van der Waals surface area contributed by atoms with E-state index in [9.17, 15) is 0 Å². The van der Waals surface area contributed by atoms with Crippen molar-refractivity contribution in [1.82, 2.24) is 14.6 Å². The van der Waals surface area contributed by atoms with Crippen LogP contribution in [0.5, 0.6) is 11.5 Å². The van der Waals surface area contributed by atoms with Gasteiger partial charge in [0.2, 0.25) is 0 Å². The number of para-hydroxylation sites is 1. The molecule has 7 heteroatoms. The third-order valence-electron chi connectivity index (χ3n) is 11.6. The van der Waals surface area contributed by atoms with Crippen LogP contribution in [0.3, 0.4) is 0 Å². The molecule has 0 unspecified atom stereocenters. The molecule has 49 heavy (non-hydrogen) atoms. The van der Waals surface area contributed by atoms with E-state index in [0.29, 0.717) is 23.3 Å². The van der Waals surface area contributed by atoms with Crippen LogP contribution in [0.1, 0.15) is 43.2 Å². The number of hydrogen-bond donors (Lipinski definition) is 0. The Labute approximate surface area is 301 Å². The van der Waals surface area contributed by atoms with E-state index in [-0.39, 0.29) is 26.5 Å². The minimum atomic E-state index is 0. The fraction of sp³-hybridized carbons (Fsp3) is 0.262. The van der Waals surface area contributed by atoms with Crippen LogP contribution in [0, 0.1) is 42.5 Å². The van der Waals surface area contributed by atoms with Gasteiger partial charge in [-0.05, 0) is 97.5 Å². The summed E-state index contributed by atoms with van der Waals surface area (Å²) >= 11 is 0. The summed E-state index contributed by atoms with van der Waals surface area (Å²) in [5.41, 5.74) is 5.82. The van der Waals surface area contributed by atoms with Gasteiger partial charge in [-0.3, -0.25) is 0 Å². The average Bonchev–Trinajstić information content (AvgIpc) is 3.70. The van der Waals surface area contributed by atoms with Crippen LogP contribution in [0.25, 0.3) is 27.6 Å². The monoisotopic (exact) mass is 821 g/mol. The summed E-state index contributed by atoms with van der Waals surface area (Å²) in [7, 11) is 1.90. The van der Waals surface area contributed by atoms with Crippen molar-refractivity contribution in [3.63, 3.8) is 0 Å². The van der Waals surface area contributed by atoms with Crippen molar-refractivity contribution >= 4 is 33.8 Å². The molecule has 4 bridgehead atoms. The van der Waals surface area contributed by atoms with Crippen LogP contribution in [0.15, 0.2) is 108 Å². The zero-order valence-electron chi connectivity index (χ0n) is 27.3. The second-order valence-corrected chi connectivity index (χ2v) is 14.2. The van der Waals surface area contributed by atoms with Gasteiger partial charge in [-0.2, -0.15) is 12.1 Å². The zero-order valence-corrected chi connectivity index (χ0v) is 29.5. The minimum absolute atomic E-state index is 0. The molecule has 0 N–H and O–H groups in total. The van der Waals surface area contributed by atoms with Crippen LogP contribution in [-0.4, -0.2) is 27.9 Å². The summed E-state index contributed by atoms with van der Waals surface area (Å²) in [6.45, 7) is 1.90. The first-order chi connectivity index (χ1) is 23.6. The normalized spacial score (nSPS) is 25.3. The summed E-state index contributed by atoms with van der Waals surface area (Å²) in [5, 5.41) is 8.35. The Morgan fingerprint density at radius 2 is 1.51 bits per heavy atom. The van der Waals surface area contributed by atoms with Crippen LogP contribution >= 0.6 is 0 Å². The van der Waals surface area contributed by atoms with Gasteiger partial charge >= 0.3 is 0 Å². The molecule has 1 aliphatic heterocycles. The van der Waals surface area contributed by atoms with E-state index < -0.39 is 0 Å². The summed E-state index contributed by atoms with van der Waals surface area (Å²) < 4.78 is 8.69. The van der Waals surface area contributed by atoms with Crippen molar-refractivity contribution in [1.29, 1.82) is 0 Å². The van der Waals surface area contributed by atoms with Crippen LogP contribution in [0.2, 0.25) is 0 Å². The fourth-order valence-electron chi connectivity index (χ4n) is 9.99. The molecule has 4 saturated carbocycles. The van der Waals surface area contributed by atoms with Gasteiger partial charge in [0.1, 0.15) is 5.82 Å². The quantitative estimate of drug-likeness (QED) is 0.158. The predicted molar refractivity (Wildman–Crippen MR) is 190 cm³/mol. The standard InChI is InChI=1S/C42H36N5O.Pt/c1-45-27-46(26-44-45)34-10-7-11-35(24-34)48-36-14-15-38-37-12-5-6-13-39(37)47(40(38)25-36)41-23-31(16-17-43-41)42(30-8-3-2-4-9-30)32-19-28-18-29(21-32)22-33(42)20-28;/h2-17,23,26-29,32-33H,18-22H2,1H3;/q-3;. The number of aromatic nitrogens is 2. The van der Waals surface area contributed by atoms with E-state index in [1.54, 1.807) is 11.3 Å². The summed E-state index contributed by atoms with van der Waals surface area (Å²) in [4.78, 5) is 6.98. The van der Waals surface area contributed by atoms with Crippen LogP contribution < -0.4 is 9.64 Å². The smallest absolute Gasteiger partial charge is 0.135 e. The molecular formula is C42H36N5OPt-3. The van der Waals surface area contributed by atoms with Gasteiger partial charge < -0.3 is 19.2 Å². The molecule has 0 saturated heterocycles. The first-order valence-electron chi connectivity index (χ1n) is 17.2. The Morgan fingerprint density at radius 1 is 0.755 bits per heavy atom. The van der Waals surface area contributed by atoms with Gasteiger partial charge in [-0.1, -0.05) is 59.7 Å². The molecule has 0 atom stereocenters. The van der Waals surface area contributed by atoms with Crippen molar-refractivity contribution < 1.29 is 25.8 Å². The summed E-state index contributed by atoms with van der Waals surface area (Å²) in [6, 6.07) is 41.8. The zero-order chi connectivity index (χ0) is 31.8. The Balaban J connectivity index is 0.00000325. The number of hydrazone groups is 1. The number of anilines is 1. The molecule has 6 nitrogen and oxygen atoms in total. The van der Waals surface area contributed by atoms with E-state index in [1.807, 2.05) is 49.1 Å². The Hall–Kier alpha value is -4.41. The van der Waals surface area contributed by atoms with E-state index in [1.165, 1.54) is 48.6 Å². The molecule has 0 radical (unpaired) electrons. The van der Waals surface area contributed by atoms with Gasteiger partial charge in [0, 0.05) is 49.7 Å². The number of fused-ring (bicyclic) bond motifs is 3. The molecule has 0 spiro atoms. The molecule has 11 rings (SSSR count). The Bertz CT molecular complexity index is 2180. The third-order valence-corrected chi connectivity index (χ3v) is 11.6. The van der Waals surface area contributed by atoms with Crippen molar-refractivity contribution in [2.45, 2.75) is 37.5 Å². The first-order valence-corrected chi connectivity index (χ1v) is 17.2. The van der Waals surface area contributed by atoms with E-state index >= 15 is 0 Å². The third kappa shape index (κ3) is 4.86. The number of rotatable bonds is 6. The Morgan fingerprint density at radius 3 is 2.29 bits per heavy atom. The molecule has 4 aliphatic carbocycles. The van der Waals surface area contributed by atoms with Crippen molar-refractivity contribution in [3.05, 3.63) is 133 Å². The molecule has 3 heterocycles. The number of pyridine rings is 1. The van der Waals surface area contributed by atoms with Crippen LogP contribution in [0.4, 0.5) is 5.69 Å². The summed E-state index contributed by atoms with van der Waals surface area (Å²) in [6.07, 6.45) is 10.6. The first kappa shape index (κ1) is 30.6. The summed E-state index contributed by atoms with van der Waals surface area (Å²) in [5.74, 6) is 5.27. The molecule has 0 amide bonds. The van der Waals surface area contributed by atoms with Gasteiger partial charge in [0.05, 0.1) is 6.34 Å². The maximum absolute atomic E-state index is 6.41. The maximum Gasteiger partial charge on any atom is 0.135 e. The second kappa shape index (κ2) is 11.9. The van der Waals surface area contributed by atoms with Crippen molar-refractivity contribution in [2.24, 2.45) is 28.8 Å². The average molecular weight is 822 g/mol. The van der Waals surface area contributed by atoms with E-state index in [2.05, 4.69) is 94.6 Å².